The number of hydrogen-bond donors (Lipinski definition) is 0. The highest BCUT2D eigenvalue weighted by Crippen LogP contribution is 2.20. The van der Waals surface area contributed by atoms with Gasteiger partial charge < -0.3 is 9.64 Å². The second-order valence-electron chi connectivity index (χ2n) is 4.27. The van der Waals surface area contributed by atoms with Gasteiger partial charge in [0.25, 0.3) is 5.91 Å². The van der Waals surface area contributed by atoms with Crippen LogP contribution in [0.15, 0.2) is 24.5 Å². The van der Waals surface area contributed by atoms with Crippen molar-refractivity contribution >= 4 is 11.9 Å². The largest absolute Gasteiger partial charge is 0.467 e. The van der Waals surface area contributed by atoms with Gasteiger partial charge >= 0.3 is 5.97 Å². The van der Waals surface area contributed by atoms with E-state index in [-0.39, 0.29) is 11.9 Å². The summed E-state index contributed by atoms with van der Waals surface area (Å²) in [5.41, 5.74) is 0.508. The Morgan fingerprint density at radius 2 is 2.28 bits per heavy atom. The lowest BCUT2D eigenvalue weighted by molar-refractivity contribution is -0.147. The zero-order chi connectivity index (χ0) is 13.0. The van der Waals surface area contributed by atoms with Gasteiger partial charge in [-0.25, -0.2) is 4.79 Å². The molecule has 1 aromatic heterocycles. The zero-order valence-electron chi connectivity index (χ0n) is 10.3. The van der Waals surface area contributed by atoms with Crippen molar-refractivity contribution in [2.45, 2.75) is 25.3 Å². The van der Waals surface area contributed by atoms with Gasteiger partial charge in [0.2, 0.25) is 0 Å². The minimum atomic E-state index is -0.462. The van der Waals surface area contributed by atoms with Gasteiger partial charge in [-0.05, 0) is 31.4 Å². The fraction of sp³-hybridized carbons (Fsp3) is 0.462. The normalized spacial score (nSPS) is 19.4. The number of pyridine rings is 1. The topological polar surface area (TPSA) is 59.5 Å². The van der Waals surface area contributed by atoms with Crippen molar-refractivity contribution in [3.63, 3.8) is 0 Å². The highest BCUT2D eigenvalue weighted by molar-refractivity contribution is 5.96. The Labute approximate surface area is 106 Å². The van der Waals surface area contributed by atoms with Crippen LogP contribution in [0.4, 0.5) is 0 Å². The maximum absolute atomic E-state index is 12.3. The summed E-state index contributed by atoms with van der Waals surface area (Å²) in [6, 6.07) is 2.96. The van der Waals surface area contributed by atoms with Gasteiger partial charge in [-0.2, -0.15) is 0 Å². The summed E-state index contributed by atoms with van der Waals surface area (Å²) in [4.78, 5) is 29.5. The summed E-state index contributed by atoms with van der Waals surface area (Å²) >= 11 is 0. The van der Waals surface area contributed by atoms with E-state index in [1.165, 1.54) is 13.3 Å². The van der Waals surface area contributed by atoms with Crippen molar-refractivity contribution < 1.29 is 14.3 Å². The molecule has 96 valence electrons. The molecule has 1 fully saturated rings. The Hall–Kier alpha value is -1.91. The van der Waals surface area contributed by atoms with E-state index in [2.05, 4.69) is 4.98 Å². The lowest BCUT2D eigenvalue weighted by Gasteiger charge is -2.33. The van der Waals surface area contributed by atoms with E-state index in [9.17, 15) is 9.59 Å². The SMILES string of the molecule is COC(=O)C1CCCCN1C(=O)c1cccnc1. The number of likely N-dealkylation sites (tertiary alicyclic amines) is 1. The zero-order valence-corrected chi connectivity index (χ0v) is 10.3. The van der Waals surface area contributed by atoms with E-state index < -0.39 is 6.04 Å². The van der Waals surface area contributed by atoms with Crippen molar-refractivity contribution in [3.8, 4) is 0 Å². The molecule has 0 saturated carbocycles. The van der Waals surface area contributed by atoms with Gasteiger partial charge in [0, 0.05) is 18.9 Å². The third-order valence-corrected chi connectivity index (χ3v) is 3.15. The summed E-state index contributed by atoms with van der Waals surface area (Å²) in [7, 11) is 1.35. The fourth-order valence-electron chi connectivity index (χ4n) is 2.21. The molecule has 0 spiro atoms. The predicted molar refractivity (Wildman–Crippen MR) is 64.9 cm³/mol. The van der Waals surface area contributed by atoms with Crippen molar-refractivity contribution in [1.82, 2.24) is 9.88 Å². The van der Waals surface area contributed by atoms with E-state index in [0.29, 0.717) is 18.5 Å². The molecule has 0 bridgehead atoms. The van der Waals surface area contributed by atoms with Crippen LogP contribution in [0.5, 0.6) is 0 Å². The van der Waals surface area contributed by atoms with Crippen molar-refractivity contribution in [2.75, 3.05) is 13.7 Å². The lowest BCUT2D eigenvalue weighted by Crippen LogP contribution is -2.48. The van der Waals surface area contributed by atoms with Crippen LogP contribution in [-0.2, 0) is 9.53 Å². The molecule has 1 saturated heterocycles. The molecule has 0 aliphatic carbocycles. The van der Waals surface area contributed by atoms with E-state index in [1.54, 1.807) is 23.2 Å². The average Bonchev–Trinajstić information content (AvgIpc) is 2.46. The number of rotatable bonds is 2. The van der Waals surface area contributed by atoms with E-state index in [0.717, 1.165) is 12.8 Å². The van der Waals surface area contributed by atoms with Crippen LogP contribution in [0.1, 0.15) is 29.6 Å². The number of hydrogen-bond acceptors (Lipinski definition) is 4. The minimum Gasteiger partial charge on any atom is -0.467 e. The van der Waals surface area contributed by atoms with Crippen molar-refractivity contribution in [2.24, 2.45) is 0 Å². The van der Waals surface area contributed by atoms with Crippen LogP contribution < -0.4 is 0 Å². The molecule has 1 amide bonds. The molecule has 0 N–H and O–H groups in total. The Balaban J connectivity index is 2.19. The Morgan fingerprint density at radius 3 is 2.94 bits per heavy atom. The average molecular weight is 248 g/mol. The van der Waals surface area contributed by atoms with Crippen LogP contribution in [0.25, 0.3) is 0 Å². The van der Waals surface area contributed by atoms with Gasteiger partial charge in [-0.3, -0.25) is 9.78 Å². The quantitative estimate of drug-likeness (QED) is 0.739. The molecular weight excluding hydrogens is 232 g/mol. The van der Waals surface area contributed by atoms with Crippen LogP contribution in [-0.4, -0.2) is 41.5 Å². The van der Waals surface area contributed by atoms with Crippen LogP contribution in [0.2, 0.25) is 0 Å². The summed E-state index contributed by atoms with van der Waals surface area (Å²) < 4.78 is 4.76. The number of ether oxygens (including phenoxy) is 1. The smallest absolute Gasteiger partial charge is 0.328 e. The first-order chi connectivity index (χ1) is 8.74. The number of amides is 1. The number of esters is 1. The molecule has 5 nitrogen and oxygen atoms in total. The van der Waals surface area contributed by atoms with E-state index in [4.69, 9.17) is 4.74 Å². The molecule has 1 aliphatic heterocycles. The maximum Gasteiger partial charge on any atom is 0.328 e. The van der Waals surface area contributed by atoms with Gasteiger partial charge in [-0.1, -0.05) is 0 Å². The number of carbonyl (C=O) groups excluding carboxylic acids is 2. The summed E-state index contributed by atoms with van der Waals surface area (Å²) in [5.74, 6) is -0.495. The number of methoxy groups -OCH3 is 1. The molecule has 1 aromatic rings. The highest BCUT2D eigenvalue weighted by Gasteiger charge is 2.33. The van der Waals surface area contributed by atoms with Crippen molar-refractivity contribution in [1.29, 1.82) is 0 Å². The molecule has 1 aliphatic rings. The second kappa shape index (κ2) is 5.62. The molecule has 2 heterocycles. The van der Waals surface area contributed by atoms with Gasteiger partial charge in [-0.15, -0.1) is 0 Å². The highest BCUT2D eigenvalue weighted by atomic mass is 16.5. The summed E-state index contributed by atoms with van der Waals surface area (Å²) in [5, 5.41) is 0. The first kappa shape index (κ1) is 12.5. The Kier molecular flexibility index (Phi) is 3.92. The third-order valence-electron chi connectivity index (χ3n) is 3.15. The van der Waals surface area contributed by atoms with E-state index >= 15 is 0 Å². The molecule has 5 heteroatoms. The first-order valence-corrected chi connectivity index (χ1v) is 6.03. The molecular formula is C13H16N2O3. The van der Waals surface area contributed by atoms with E-state index in [1.807, 2.05) is 0 Å². The number of aromatic nitrogens is 1. The predicted octanol–water partition coefficient (Wildman–Crippen LogP) is 1.25. The lowest BCUT2D eigenvalue weighted by atomic mass is 10.0. The molecule has 1 unspecified atom stereocenters. The van der Waals surface area contributed by atoms with Gasteiger partial charge in [0.15, 0.2) is 0 Å². The Bertz CT molecular complexity index is 433. The number of piperidine rings is 1. The second-order valence-corrected chi connectivity index (χ2v) is 4.27. The standard InChI is InChI=1S/C13H16N2O3/c1-18-13(17)11-6-2-3-8-15(11)12(16)10-5-4-7-14-9-10/h4-5,7,9,11H,2-3,6,8H2,1H3. The molecule has 0 radical (unpaired) electrons. The molecule has 2 rings (SSSR count). The number of nitrogens with zero attached hydrogens (tertiary/aromatic N) is 2. The molecule has 1 atom stereocenters. The summed E-state index contributed by atoms with van der Waals surface area (Å²) in [6.45, 7) is 0.591. The Morgan fingerprint density at radius 1 is 1.44 bits per heavy atom. The minimum absolute atomic E-state index is 0.154. The van der Waals surface area contributed by atoms with Gasteiger partial charge in [0.05, 0.1) is 12.7 Å². The maximum atomic E-state index is 12.3. The summed E-state index contributed by atoms with van der Waals surface area (Å²) in [6.07, 6.45) is 5.66. The molecule has 0 aromatic carbocycles. The van der Waals surface area contributed by atoms with Gasteiger partial charge in [0.1, 0.15) is 6.04 Å². The van der Waals surface area contributed by atoms with Crippen LogP contribution in [0, 0.1) is 0 Å². The van der Waals surface area contributed by atoms with Crippen molar-refractivity contribution in [3.05, 3.63) is 30.1 Å². The van der Waals surface area contributed by atoms with Crippen LogP contribution in [0.3, 0.4) is 0 Å². The fourth-order valence-corrected chi connectivity index (χ4v) is 2.21. The monoisotopic (exact) mass is 248 g/mol. The third kappa shape index (κ3) is 2.50. The molecule has 18 heavy (non-hydrogen) atoms. The first-order valence-electron chi connectivity index (χ1n) is 6.03. The number of carbonyl (C=O) groups is 2. The van der Waals surface area contributed by atoms with Crippen LogP contribution >= 0.6 is 0 Å².